The van der Waals surface area contributed by atoms with E-state index in [1.807, 2.05) is 6.92 Å². The van der Waals surface area contributed by atoms with Crippen LogP contribution in [0.25, 0.3) is 0 Å². The number of carbonyl (C=O) groups is 1. The molecule has 0 amide bonds. The zero-order valence-corrected chi connectivity index (χ0v) is 12.0. The number of halogens is 1. The van der Waals surface area contributed by atoms with Crippen molar-refractivity contribution in [1.29, 1.82) is 0 Å². The van der Waals surface area contributed by atoms with Crippen LogP contribution in [0.4, 0.5) is 4.39 Å². The molecule has 2 nitrogen and oxygen atoms in total. The van der Waals surface area contributed by atoms with Gasteiger partial charge in [-0.2, -0.15) is 0 Å². The van der Waals surface area contributed by atoms with Crippen molar-refractivity contribution < 1.29 is 13.9 Å². The SMILES string of the molecule is CCCOC(=O)C(CCC)SCCCC(C)F. The number of hydrogen-bond donors (Lipinski definition) is 0. The standard InChI is InChI=1S/C13H25FO2S/c1-4-7-12(13(15)16-9-5-2)17-10-6-8-11(3)14/h11-12H,4-10H2,1-3H3. The van der Waals surface area contributed by atoms with Gasteiger partial charge < -0.3 is 4.74 Å². The molecule has 2 atom stereocenters. The number of carbonyl (C=O) groups excluding carboxylic acids is 1. The van der Waals surface area contributed by atoms with Crippen LogP contribution in [0.1, 0.15) is 52.9 Å². The van der Waals surface area contributed by atoms with Gasteiger partial charge in [-0.25, -0.2) is 4.39 Å². The fraction of sp³-hybridized carbons (Fsp3) is 0.923. The first-order valence-corrected chi connectivity index (χ1v) is 7.59. The van der Waals surface area contributed by atoms with Crippen molar-refractivity contribution in [2.45, 2.75) is 64.3 Å². The van der Waals surface area contributed by atoms with Crippen LogP contribution in [0.15, 0.2) is 0 Å². The summed E-state index contributed by atoms with van der Waals surface area (Å²) in [5.41, 5.74) is 0. The molecule has 0 aliphatic carbocycles. The smallest absolute Gasteiger partial charge is 0.319 e. The molecule has 0 aromatic heterocycles. The van der Waals surface area contributed by atoms with Gasteiger partial charge in [0.05, 0.1) is 12.8 Å². The molecule has 0 bridgehead atoms. The first-order chi connectivity index (χ1) is 8.11. The first kappa shape index (κ1) is 16.8. The number of alkyl halides is 1. The third kappa shape index (κ3) is 9.45. The number of ether oxygens (including phenoxy) is 1. The van der Waals surface area contributed by atoms with Gasteiger partial charge >= 0.3 is 5.97 Å². The van der Waals surface area contributed by atoms with Crippen molar-refractivity contribution in [2.75, 3.05) is 12.4 Å². The van der Waals surface area contributed by atoms with Crippen LogP contribution in [-0.2, 0) is 9.53 Å². The van der Waals surface area contributed by atoms with Gasteiger partial charge in [-0.05, 0) is 38.4 Å². The summed E-state index contributed by atoms with van der Waals surface area (Å²) in [5.74, 6) is 0.729. The van der Waals surface area contributed by atoms with Crippen LogP contribution in [0.3, 0.4) is 0 Å². The number of rotatable bonds is 10. The molecular formula is C13H25FO2S. The Morgan fingerprint density at radius 1 is 1.29 bits per heavy atom. The molecule has 4 heteroatoms. The van der Waals surface area contributed by atoms with Gasteiger partial charge in [-0.3, -0.25) is 4.79 Å². The Bertz CT molecular complexity index is 198. The molecule has 0 aliphatic heterocycles. The molecule has 0 heterocycles. The van der Waals surface area contributed by atoms with Crippen LogP contribution in [-0.4, -0.2) is 29.8 Å². The van der Waals surface area contributed by atoms with E-state index >= 15 is 0 Å². The van der Waals surface area contributed by atoms with E-state index in [1.165, 1.54) is 0 Å². The average molecular weight is 264 g/mol. The van der Waals surface area contributed by atoms with Gasteiger partial charge in [0.15, 0.2) is 0 Å². The van der Waals surface area contributed by atoms with Crippen LogP contribution >= 0.6 is 11.8 Å². The highest BCUT2D eigenvalue weighted by Gasteiger charge is 2.19. The monoisotopic (exact) mass is 264 g/mol. The zero-order valence-electron chi connectivity index (χ0n) is 11.2. The molecule has 0 N–H and O–H groups in total. The Morgan fingerprint density at radius 2 is 2.00 bits per heavy atom. The minimum Gasteiger partial charge on any atom is -0.465 e. The average Bonchev–Trinajstić information content (AvgIpc) is 2.29. The molecule has 0 aromatic rings. The minimum atomic E-state index is -0.743. The highest BCUT2D eigenvalue weighted by atomic mass is 32.2. The maximum atomic E-state index is 12.6. The van der Waals surface area contributed by atoms with E-state index in [1.54, 1.807) is 18.7 Å². The number of esters is 1. The molecule has 102 valence electrons. The van der Waals surface area contributed by atoms with Gasteiger partial charge in [0, 0.05) is 0 Å². The predicted molar refractivity (Wildman–Crippen MR) is 72.2 cm³/mol. The molecule has 0 aliphatic rings. The Kier molecular flexibility index (Phi) is 10.7. The largest absolute Gasteiger partial charge is 0.465 e. The molecule has 2 unspecified atom stereocenters. The van der Waals surface area contributed by atoms with Crippen molar-refractivity contribution in [3.63, 3.8) is 0 Å². The minimum absolute atomic E-state index is 0.0681. The van der Waals surface area contributed by atoms with E-state index in [4.69, 9.17) is 4.74 Å². The van der Waals surface area contributed by atoms with Gasteiger partial charge in [-0.1, -0.05) is 20.3 Å². The maximum Gasteiger partial charge on any atom is 0.319 e. The fourth-order valence-electron chi connectivity index (χ4n) is 1.42. The number of hydrogen-bond acceptors (Lipinski definition) is 3. The van der Waals surface area contributed by atoms with Crippen LogP contribution in [0.2, 0.25) is 0 Å². The molecule has 0 aromatic carbocycles. The van der Waals surface area contributed by atoms with Crippen LogP contribution in [0, 0.1) is 0 Å². The fourth-order valence-corrected chi connectivity index (χ4v) is 2.64. The highest BCUT2D eigenvalue weighted by molar-refractivity contribution is 8.00. The normalized spacial score (nSPS) is 14.4. The van der Waals surface area contributed by atoms with Crippen LogP contribution < -0.4 is 0 Å². The Balaban J connectivity index is 3.84. The predicted octanol–water partition coefficient (Wildman–Crippen LogP) is 3.98. The van der Waals surface area contributed by atoms with Gasteiger partial charge in [0.2, 0.25) is 0 Å². The lowest BCUT2D eigenvalue weighted by Crippen LogP contribution is -2.21. The van der Waals surface area contributed by atoms with Crippen molar-refractivity contribution in [2.24, 2.45) is 0 Å². The summed E-state index contributed by atoms with van der Waals surface area (Å²) < 4.78 is 17.7. The highest BCUT2D eigenvalue weighted by Crippen LogP contribution is 2.20. The zero-order chi connectivity index (χ0) is 13.1. The van der Waals surface area contributed by atoms with Crippen molar-refractivity contribution >= 4 is 17.7 Å². The Morgan fingerprint density at radius 3 is 2.53 bits per heavy atom. The van der Waals surface area contributed by atoms with E-state index in [-0.39, 0.29) is 11.2 Å². The summed E-state index contributed by atoms with van der Waals surface area (Å²) in [5, 5.41) is -0.0681. The lowest BCUT2D eigenvalue weighted by molar-refractivity contribution is -0.143. The molecule has 0 saturated carbocycles. The van der Waals surface area contributed by atoms with E-state index < -0.39 is 6.17 Å². The van der Waals surface area contributed by atoms with E-state index in [2.05, 4.69) is 6.92 Å². The quantitative estimate of drug-likeness (QED) is 0.441. The second kappa shape index (κ2) is 10.9. The summed E-state index contributed by atoms with van der Waals surface area (Å²) >= 11 is 1.61. The van der Waals surface area contributed by atoms with Crippen LogP contribution in [0.5, 0.6) is 0 Å². The molecule has 0 rings (SSSR count). The first-order valence-electron chi connectivity index (χ1n) is 6.54. The molecule has 0 saturated heterocycles. The van der Waals surface area contributed by atoms with Crippen molar-refractivity contribution in [3.05, 3.63) is 0 Å². The van der Waals surface area contributed by atoms with E-state index in [0.717, 1.165) is 31.4 Å². The molecule has 0 spiro atoms. The molecule has 0 radical (unpaired) electrons. The topological polar surface area (TPSA) is 26.3 Å². The second-order valence-electron chi connectivity index (χ2n) is 4.24. The Hall–Kier alpha value is -0.250. The van der Waals surface area contributed by atoms with E-state index in [0.29, 0.717) is 13.0 Å². The molecule has 17 heavy (non-hydrogen) atoms. The van der Waals surface area contributed by atoms with Gasteiger partial charge in [0.1, 0.15) is 5.25 Å². The summed E-state index contributed by atoms with van der Waals surface area (Å²) in [6.07, 6.45) is 3.33. The Labute approximate surface area is 109 Å². The summed E-state index contributed by atoms with van der Waals surface area (Å²) in [6, 6.07) is 0. The summed E-state index contributed by atoms with van der Waals surface area (Å²) in [6.45, 7) is 6.12. The summed E-state index contributed by atoms with van der Waals surface area (Å²) in [7, 11) is 0. The second-order valence-corrected chi connectivity index (χ2v) is 5.55. The third-order valence-corrected chi connectivity index (χ3v) is 3.68. The van der Waals surface area contributed by atoms with Gasteiger partial charge in [-0.15, -0.1) is 11.8 Å². The third-order valence-electron chi connectivity index (χ3n) is 2.33. The van der Waals surface area contributed by atoms with Gasteiger partial charge in [0.25, 0.3) is 0 Å². The number of thioether (sulfide) groups is 1. The maximum absolute atomic E-state index is 12.6. The van der Waals surface area contributed by atoms with Crippen molar-refractivity contribution in [1.82, 2.24) is 0 Å². The molecular weight excluding hydrogens is 239 g/mol. The summed E-state index contributed by atoms with van der Waals surface area (Å²) in [4.78, 5) is 11.7. The molecule has 0 fully saturated rings. The lowest BCUT2D eigenvalue weighted by Gasteiger charge is -2.14. The van der Waals surface area contributed by atoms with Crippen molar-refractivity contribution in [3.8, 4) is 0 Å². The van der Waals surface area contributed by atoms with E-state index in [9.17, 15) is 9.18 Å². The lowest BCUT2D eigenvalue weighted by atomic mass is 10.2.